The molecule has 0 amide bonds. The van der Waals surface area contributed by atoms with Crippen LogP contribution in [0.15, 0.2) is 94.7 Å². The highest BCUT2D eigenvalue weighted by molar-refractivity contribution is 5.96. The minimum Gasteiger partial charge on any atom is -0.504 e. The van der Waals surface area contributed by atoms with Crippen LogP contribution in [-0.2, 0) is 0 Å². The van der Waals surface area contributed by atoms with Crippen LogP contribution in [0.25, 0.3) is 21.5 Å². The van der Waals surface area contributed by atoms with Crippen LogP contribution in [0.5, 0.6) is 5.75 Å². The van der Waals surface area contributed by atoms with Gasteiger partial charge in [0, 0.05) is 16.5 Å². The molecule has 0 heterocycles. The van der Waals surface area contributed by atoms with Crippen LogP contribution in [0.3, 0.4) is 0 Å². The van der Waals surface area contributed by atoms with Gasteiger partial charge >= 0.3 is 0 Å². The van der Waals surface area contributed by atoms with E-state index in [0.29, 0.717) is 5.69 Å². The zero-order chi connectivity index (χ0) is 19.1. The molecule has 0 aliphatic rings. The van der Waals surface area contributed by atoms with Crippen molar-refractivity contribution in [1.29, 1.82) is 0 Å². The van der Waals surface area contributed by atoms with Crippen molar-refractivity contribution in [1.82, 2.24) is 0 Å². The summed E-state index contributed by atoms with van der Waals surface area (Å²) in [5.41, 5.74) is 1.32. The van der Waals surface area contributed by atoms with E-state index >= 15 is 0 Å². The van der Waals surface area contributed by atoms with E-state index in [0.717, 1.165) is 27.2 Å². The zero-order valence-electron chi connectivity index (χ0n) is 14.9. The molecule has 0 atom stereocenters. The number of hydrogen-bond donors (Lipinski definition) is 2. The first-order chi connectivity index (χ1) is 13.7. The minimum absolute atomic E-state index is 0.0825. The Morgan fingerprint density at radius 2 is 1.32 bits per heavy atom. The minimum atomic E-state index is -0.293. The molecular weight excluding hydrogens is 348 g/mol. The molecule has 5 aromatic rings. The number of nitrogens with one attached hydrogen (secondary N) is 1. The van der Waals surface area contributed by atoms with Gasteiger partial charge in [0.2, 0.25) is 5.43 Å². The zero-order valence-corrected chi connectivity index (χ0v) is 14.9. The van der Waals surface area contributed by atoms with Gasteiger partial charge in [-0.1, -0.05) is 72.8 Å². The standard InChI is InChI=1S/C24H16N2O2/c27-23-21(25-19-13-5-9-15-7-1-3-11-17(15)19)24(28)22(23)26-20-14-6-10-16-8-2-4-12-18(16)20/h1-14,25,27H. The third kappa shape index (κ3) is 2.55. The smallest absolute Gasteiger partial charge is 0.235 e. The summed E-state index contributed by atoms with van der Waals surface area (Å²) >= 11 is 0. The predicted octanol–water partition coefficient (Wildman–Crippen LogP) is 4.91. The third-order valence-electron chi connectivity index (χ3n) is 4.95. The topological polar surface area (TPSA) is 61.7 Å². The first-order valence-corrected chi connectivity index (χ1v) is 9.02. The predicted molar refractivity (Wildman–Crippen MR) is 113 cm³/mol. The highest BCUT2D eigenvalue weighted by Crippen LogP contribution is 2.29. The van der Waals surface area contributed by atoms with Crippen LogP contribution in [0.1, 0.15) is 0 Å². The maximum Gasteiger partial charge on any atom is 0.235 e. The van der Waals surface area contributed by atoms with Gasteiger partial charge in [-0.15, -0.1) is 0 Å². The quantitative estimate of drug-likeness (QED) is 0.478. The molecule has 0 saturated carbocycles. The van der Waals surface area contributed by atoms with Crippen LogP contribution in [0, 0.1) is 0 Å². The Labute approximate surface area is 160 Å². The van der Waals surface area contributed by atoms with Crippen LogP contribution < -0.4 is 16.1 Å². The fourth-order valence-electron chi connectivity index (χ4n) is 3.50. The van der Waals surface area contributed by atoms with Gasteiger partial charge in [-0.05, 0) is 22.9 Å². The average molecular weight is 364 g/mol. The number of anilines is 2. The molecule has 5 aromatic carbocycles. The Bertz CT molecular complexity index is 1420. The van der Waals surface area contributed by atoms with E-state index in [2.05, 4.69) is 10.3 Å². The Morgan fingerprint density at radius 1 is 0.714 bits per heavy atom. The first-order valence-electron chi connectivity index (χ1n) is 9.02. The summed E-state index contributed by atoms with van der Waals surface area (Å²) < 4.78 is 0. The molecule has 134 valence electrons. The average Bonchev–Trinajstić information content (AvgIpc) is 2.75. The second-order valence-corrected chi connectivity index (χ2v) is 6.66. The van der Waals surface area contributed by atoms with E-state index in [1.807, 2.05) is 84.9 Å². The summed E-state index contributed by atoms with van der Waals surface area (Å²) in [6.45, 7) is 0. The van der Waals surface area contributed by atoms with Gasteiger partial charge in [-0.3, -0.25) is 4.79 Å². The van der Waals surface area contributed by atoms with E-state index in [1.165, 1.54) is 0 Å². The highest BCUT2D eigenvalue weighted by atomic mass is 16.3. The van der Waals surface area contributed by atoms with Gasteiger partial charge < -0.3 is 10.4 Å². The van der Waals surface area contributed by atoms with Gasteiger partial charge in [0.1, 0.15) is 5.69 Å². The molecule has 4 heteroatoms. The molecule has 0 bridgehead atoms. The van der Waals surface area contributed by atoms with Gasteiger partial charge in [-0.25, -0.2) is 4.99 Å². The Kier molecular flexibility index (Phi) is 3.69. The Morgan fingerprint density at radius 3 is 2.07 bits per heavy atom. The first kappa shape index (κ1) is 16.3. The number of rotatable bonds is 3. The van der Waals surface area contributed by atoms with E-state index in [-0.39, 0.29) is 22.2 Å². The molecule has 0 saturated heterocycles. The van der Waals surface area contributed by atoms with Crippen molar-refractivity contribution >= 4 is 38.6 Å². The molecule has 2 N–H and O–H groups in total. The lowest BCUT2D eigenvalue weighted by Gasteiger charge is -2.13. The maximum atomic E-state index is 12.6. The summed E-state index contributed by atoms with van der Waals surface area (Å²) in [5, 5.41) is 17.6. The van der Waals surface area contributed by atoms with Crippen LogP contribution >= 0.6 is 0 Å². The molecule has 4 nitrogen and oxygen atoms in total. The molecular formula is C24H16N2O2. The molecule has 5 rings (SSSR count). The maximum absolute atomic E-state index is 12.6. The lowest BCUT2D eigenvalue weighted by Crippen LogP contribution is -2.33. The largest absolute Gasteiger partial charge is 0.504 e. The molecule has 0 spiro atoms. The van der Waals surface area contributed by atoms with Crippen molar-refractivity contribution in [2.75, 3.05) is 5.32 Å². The van der Waals surface area contributed by atoms with E-state index in [9.17, 15) is 9.90 Å². The normalized spacial score (nSPS) is 12.1. The van der Waals surface area contributed by atoms with Crippen LogP contribution in [0.4, 0.5) is 17.1 Å². The number of hydrogen-bond acceptors (Lipinski definition) is 4. The van der Waals surface area contributed by atoms with Crippen molar-refractivity contribution in [3.8, 4) is 5.75 Å². The second-order valence-electron chi connectivity index (χ2n) is 6.66. The highest BCUT2D eigenvalue weighted by Gasteiger charge is 2.19. The van der Waals surface area contributed by atoms with E-state index in [4.69, 9.17) is 0 Å². The summed E-state index contributed by atoms with van der Waals surface area (Å²) in [4.78, 5) is 17.1. The van der Waals surface area contributed by atoms with Gasteiger partial charge in [0.05, 0.1) is 5.69 Å². The number of fused-ring (bicyclic) bond motifs is 2. The molecule has 0 aromatic heterocycles. The fourth-order valence-corrected chi connectivity index (χ4v) is 3.50. The third-order valence-corrected chi connectivity index (χ3v) is 4.95. The summed E-state index contributed by atoms with van der Waals surface area (Å²) in [7, 11) is 0. The van der Waals surface area contributed by atoms with Crippen molar-refractivity contribution < 1.29 is 5.11 Å². The SMILES string of the molecule is O=c1c(Nc2cccc3ccccc23)c(O)c1=Nc1cccc2ccccc12. The number of nitrogens with zero attached hydrogens (tertiary/aromatic N) is 1. The lowest BCUT2D eigenvalue weighted by molar-refractivity contribution is 0.464. The lowest BCUT2D eigenvalue weighted by atomic mass is 10.1. The van der Waals surface area contributed by atoms with Crippen molar-refractivity contribution in [2.24, 2.45) is 4.99 Å². The van der Waals surface area contributed by atoms with Crippen LogP contribution in [-0.4, -0.2) is 5.11 Å². The van der Waals surface area contributed by atoms with E-state index in [1.54, 1.807) is 0 Å². The Balaban J connectivity index is 1.58. The fraction of sp³-hybridized carbons (Fsp3) is 0. The van der Waals surface area contributed by atoms with Crippen molar-refractivity contribution in [2.45, 2.75) is 0 Å². The van der Waals surface area contributed by atoms with Crippen LogP contribution in [0.2, 0.25) is 0 Å². The molecule has 0 unspecified atom stereocenters. The second kappa shape index (κ2) is 6.35. The van der Waals surface area contributed by atoms with Crippen molar-refractivity contribution in [3.63, 3.8) is 0 Å². The molecule has 0 radical (unpaired) electrons. The van der Waals surface area contributed by atoms with Gasteiger partial charge in [-0.2, -0.15) is 0 Å². The molecule has 0 aliphatic heterocycles. The number of benzene rings is 4. The van der Waals surface area contributed by atoms with Gasteiger partial charge in [0.25, 0.3) is 0 Å². The summed E-state index contributed by atoms with van der Waals surface area (Å²) in [6, 6.07) is 27.2. The monoisotopic (exact) mass is 364 g/mol. The molecule has 0 aliphatic carbocycles. The van der Waals surface area contributed by atoms with E-state index < -0.39 is 0 Å². The number of aromatic hydroxyl groups is 1. The summed E-state index contributed by atoms with van der Waals surface area (Å²) in [5.74, 6) is -0.106. The summed E-state index contributed by atoms with van der Waals surface area (Å²) in [6.07, 6.45) is 0. The molecule has 28 heavy (non-hydrogen) atoms. The van der Waals surface area contributed by atoms with Crippen molar-refractivity contribution in [3.05, 3.63) is 101 Å². The molecule has 0 fully saturated rings. The van der Waals surface area contributed by atoms with Gasteiger partial charge in [0.15, 0.2) is 11.1 Å². The Hall–Kier alpha value is -3.92.